The summed E-state index contributed by atoms with van der Waals surface area (Å²) in [5.41, 5.74) is 1.06. The van der Waals surface area contributed by atoms with E-state index in [2.05, 4.69) is 13.8 Å². The standard InChI is InChI=1S/C25H28O6/c1-6-16(4)29-25(27)17(5)30-18-11-12-20-22(13-18)28-14-23(24(20)26)31-21-10-8-7-9-19(21)15(2)3/h7-17H,6H2,1-5H3/t16-,17-/m1/s1. The fraction of sp³-hybridized carbons (Fsp3) is 0.360. The van der Waals surface area contributed by atoms with Crippen molar-refractivity contribution >= 4 is 16.9 Å². The molecule has 6 heteroatoms. The molecule has 0 aliphatic heterocycles. The van der Waals surface area contributed by atoms with Gasteiger partial charge in [0.1, 0.15) is 23.3 Å². The van der Waals surface area contributed by atoms with E-state index in [1.165, 1.54) is 6.26 Å². The molecule has 0 unspecified atom stereocenters. The molecule has 164 valence electrons. The lowest BCUT2D eigenvalue weighted by atomic mass is 10.0. The number of fused-ring (bicyclic) bond motifs is 1. The van der Waals surface area contributed by atoms with Gasteiger partial charge in [0.25, 0.3) is 0 Å². The van der Waals surface area contributed by atoms with Crippen LogP contribution in [-0.2, 0) is 9.53 Å². The Balaban J connectivity index is 1.82. The number of carbonyl (C=O) groups is 1. The molecule has 2 aromatic carbocycles. The largest absolute Gasteiger partial charge is 0.479 e. The van der Waals surface area contributed by atoms with Gasteiger partial charge in [0.15, 0.2) is 6.10 Å². The Kier molecular flexibility index (Phi) is 7.00. The lowest BCUT2D eigenvalue weighted by Crippen LogP contribution is -2.29. The maximum Gasteiger partial charge on any atom is 0.347 e. The van der Waals surface area contributed by atoms with Crippen LogP contribution in [0.4, 0.5) is 0 Å². The third-order valence-corrected chi connectivity index (χ3v) is 5.01. The second-order valence-corrected chi connectivity index (χ2v) is 7.80. The van der Waals surface area contributed by atoms with Crippen LogP contribution in [0.25, 0.3) is 11.0 Å². The Morgan fingerprint density at radius 1 is 1.03 bits per heavy atom. The summed E-state index contributed by atoms with van der Waals surface area (Å²) in [5, 5.41) is 0.363. The lowest BCUT2D eigenvalue weighted by molar-refractivity contribution is -0.155. The molecule has 0 aliphatic rings. The van der Waals surface area contributed by atoms with Crippen LogP contribution in [0.1, 0.15) is 52.5 Å². The summed E-state index contributed by atoms with van der Waals surface area (Å²) in [6.45, 7) is 9.51. The van der Waals surface area contributed by atoms with Crippen molar-refractivity contribution in [3.05, 3.63) is 64.5 Å². The van der Waals surface area contributed by atoms with Gasteiger partial charge in [-0.15, -0.1) is 0 Å². The van der Waals surface area contributed by atoms with Crippen LogP contribution < -0.4 is 14.9 Å². The van der Waals surface area contributed by atoms with Crippen LogP contribution in [0, 0.1) is 0 Å². The molecule has 3 aromatic rings. The van der Waals surface area contributed by atoms with Crippen molar-refractivity contribution < 1.29 is 23.4 Å². The number of hydrogen-bond donors (Lipinski definition) is 0. The predicted octanol–water partition coefficient (Wildman–Crippen LogP) is 5.82. The number of hydrogen-bond acceptors (Lipinski definition) is 6. The highest BCUT2D eigenvalue weighted by molar-refractivity contribution is 5.79. The van der Waals surface area contributed by atoms with Gasteiger partial charge >= 0.3 is 5.97 Å². The zero-order chi connectivity index (χ0) is 22.5. The first kappa shape index (κ1) is 22.4. The van der Waals surface area contributed by atoms with E-state index in [0.29, 0.717) is 22.5 Å². The minimum absolute atomic E-state index is 0.111. The number of para-hydroxylation sites is 1. The van der Waals surface area contributed by atoms with Gasteiger partial charge in [-0.1, -0.05) is 39.0 Å². The smallest absolute Gasteiger partial charge is 0.347 e. The second kappa shape index (κ2) is 9.69. The molecule has 0 radical (unpaired) electrons. The van der Waals surface area contributed by atoms with Crippen molar-refractivity contribution in [2.24, 2.45) is 0 Å². The van der Waals surface area contributed by atoms with Gasteiger partial charge in [-0.05, 0) is 49.9 Å². The molecule has 0 amide bonds. The topological polar surface area (TPSA) is 75.0 Å². The van der Waals surface area contributed by atoms with E-state index in [4.69, 9.17) is 18.6 Å². The normalized spacial score (nSPS) is 13.1. The third kappa shape index (κ3) is 5.26. The Bertz CT molecular complexity index is 1110. The van der Waals surface area contributed by atoms with Gasteiger partial charge < -0.3 is 18.6 Å². The van der Waals surface area contributed by atoms with Crippen LogP contribution in [0.15, 0.2) is 57.9 Å². The first-order valence-corrected chi connectivity index (χ1v) is 10.5. The molecule has 0 saturated heterocycles. The van der Waals surface area contributed by atoms with E-state index >= 15 is 0 Å². The second-order valence-electron chi connectivity index (χ2n) is 7.80. The van der Waals surface area contributed by atoms with Crippen molar-refractivity contribution in [3.8, 4) is 17.2 Å². The van der Waals surface area contributed by atoms with Crippen molar-refractivity contribution in [2.75, 3.05) is 0 Å². The van der Waals surface area contributed by atoms with Crippen LogP contribution >= 0.6 is 0 Å². The fourth-order valence-electron chi connectivity index (χ4n) is 3.03. The molecule has 31 heavy (non-hydrogen) atoms. The van der Waals surface area contributed by atoms with Crippen molar-refractivity contribution in [2.45, 2.75) is 59.2 Å². The van der Waals surface area contributed by atoms with Crippen LogP contribution in [0.3, 0.4) is 0 Å². The number of rotatable bonds is 8. The number of esters is 1. The zero-order valence-corrected chi connectivity index (χ0v) is 18.5. The summed E-state index contributed by atoms with van der Waals surface area (Å²) in [5.74, 6) is 0.946. The number of benzene rings is 2. The van der Waals surface area contributed by atoms with E-state index in [0.717, 1.165) is 12.0 Å². The van der Waals surface area contributed by atoms with Gasteiger partial charge in [-0.25, -0.2) is 4.79 Å². The molecule has 0 spiro atoms. The zero-order valence-electron chi connectivity index (χ0n) is 18.5. The van der Waals surface area contributed by atoms with E-state index < -0.39 is 12.1 Å². The average Bonchev–Trinajstić information content (AvgIpc) is 2.75. The van der Waals surface area contributed by atoms with E-state index in [9.17, 15) is 9.59 Å². The Morgan fingerprint density at radius 2 is 1.77 bits per heavy atom. The lowest BCUT2D eigenvalue weighted by Gasteiger charge is -2.17. The summed E-state index contributed by atoms with van der Waals surface area (Å²) >= 11 is 0. The predicted molar refractivity (Wildman–Crippen MR) is 119 cm³/mol. The third-order valence-electron chi connectivity index (χ3n) is 5.01. The summed E-state index contributed by atoms with van der Waals surface area (Å²) < 4.78 is 22.5. The molecule has 6 nitrogen and oxygen atoms in total. The first-order valence-electron chi connectivity index (χ1n) is 10.5. The molecule has 1 heterocycles. The monoisotopic (exact) mass is 424 g/mol. The van der Waals surface area contributed by atoms with Crippen molar-refractivity contribution in [3.63, 3.8) is 0 Å². The van der Waals surface area contributed by atoms with Gasteiger partial charge in [-0.3, -0.25) is 4.79 Å². The average molecular weight is 424 g/mol. The Labute approximate surface area is 181 Å². The van der Waals surface area contributed by atoms with Gasteiger partial charge in [0.2, 0.25) is 11.2 Å². The Hall–Kier alpha value is -3.28. The Morgan fingerprint density at radius 3 is 2.48 bits per heavy atom. The van der Waals surface area contributed by atoms with E-state index in [1.807, 2.05) is 38.1 Å². The van der Waals surface area contributed by atoms with E-state index in [-0.39, 0.29) is 23.2 Å². The molecule has 3 rings (SSSR count). The maximum absolute atomic E-state index is 12.9. The molecular weight excluding hydrogens is 396 g/mol. The maximum atomic E-state index is 12.9. The van der Waals surface area contributed by atoms with Crippen LogP contribution in [0.2, 0.25) is 0 Å². The van der Waals surface area contributed by atoms with E-state index in [1.54, 1.807) is 25.1 Å². The first-order chi connectivity index (χ1) is 14.8. The summed E-state index contributed by atoms with van der Waals surface area (Å²) in [4.78, 5) is 25.0. The highest BCUT2D eigenvalue weighted by Gasteiger charge is 2.19. The highest BCUT2D eigenvalue weighted by Crippen LogP contribution is 2.30. The van der Waals surface area contributed by atoms with Crippen LogP contribution in [0.5, 0.6) is 17.2 Å². The van der Waals surface area contributed by atoms with Crippen molar-refractivity contribution in [1.29, 1.82) is 0 Å². The fourth-order valence-corrected chi connectivity index (χ4v) is 3.03. The number of carbonyl (C=O) groups excluding carboxylic acids is 1. The van der Waals surface area contributed by atoms with Crippen molar-refractivity contribution in [1.82, 2.24) is 0 Å². The van der Waals surface area contributed by atoms with Crippen LogP contribution in [-0.4, -0.2) is 18.2 Å². The molecule has 0 fully saturated rings. The summed E-state index contributed by atoms with van der Waals surface area (Å²) in [6.07, 6.45) is 1.07. The molecule has 1 aromatic heterocycles. The molecular formula is C25H28O6. The SMILES string of the molecule is CC[C@@H](C)OC(=O)[C@@H](C)Oc1ccc2c(=O)c(Oc3ccccc3C(C)C)coc2c1. The highest BCUT2D eigenvalue weighted by atomic mass is 16.6. The molecule has 0 bridgehead atoms. The van der Waals surface area contributed by atoms with Gasteiger partial charge in [0.05, 0.1) is 11.5 Å². The molecule has 2 atom stereocenters. The number of ether oxygens (including phenoxy) is 3. The molecule has 0 saturated carbocycles. The molecule has 0 N–H and O–H groups in total. The minimum atomic E-state index is -0.784. The summed E-state index contributed by atoms with van der Waals surface area (Å²) in [7, 11) is 0. The minimum Gasteiger partial charge on any atom is -0.479 e. The molecule has 0 aliphatic carbocycles. The summed E-state index contributed by atoms with van der Waals surface area (Å²) in [6, 6.07) is 12.4. The van der Waals surface area contributed by atoms with Gasteiger partial charge in [-0.2, -0.15) is 0 Å². The van der Waals surface area contributed by atoms with Gasteiger partial charge in [0, 0.05) is 6.07 Å². The quantitative estimate of drug-likeness (QED) is 0.424.